The average molecular weight is 481 g/mol. The molecule has 0 unspecified atom stereocenters. The van der Waals surface area contributed by atoms with Gasteiger partial charge in [-0.1, -0.05) is 30.3 Å². The molecule has 1 aromatic heterocycles. The summed E-state index contributed by atoms with van der Waals surface area (Å²) in [7, 11) is 0. The highest BCUT2D eigenvalue weighted by atomic mass is 16.1. The minimum Gasteiger partial charge on any atom is -0.369 e. The van der Waals surface area contributed by atoms with Crippen molar-refractivity contribution in [2.75, 3.05) is 36.4 Å². The van der Waals surface area contributed by atoms with Gasteiger partial charge in [0.05, 0.1) is 0 Å². The quantitative estimate of drug-likeness (QED) is 0.404. The molecule has 0 saturated carbocycles. The lowest BCUT2D eigenvalue weighted by molar-refractivity contribution is -0.114. The van der Waals surface area contributed by atoms with Crippen LogP contribution in [-0.4, -0.2) is 48.0 Å². The van der Waals surface area contributed by atoms with Gasteiger partial charge in [0.25, 0.3) is 5.56 Å². The van der Waals surface area contributed by atoms with Crippen molar-refractivity contribution in [1.29, 1.82) is 0 Å². The van der Waals surface area contributed by atoms with Crippen LogP contribution in [0.15, 0.2) is 77.6 Å². The maximum atomic E-state index is 12.8. The molecule has 0 atom stereocenters. The molecule has 3 aromatic carbocycles. The summed E-state index contributed by atoms with van der Waals surface area (Å²) in [5, 5.41) is 3.73. The van der Waals surface area contributed by atoms with Crippen molar-refractivity contribution in [2.24, 2.45) is 0 Å². The first-order valence-corrected chi connectivity index (χ1v) is 12.5. The van der Waals surface area contributed by atoms with E-state index >= 15 is 0 Å². The molecule has 2 N–H and O–H groups in total. The summed E-state index contributed by atoms with van der Waals surface area (Å²) < 4.78 is 0. The molecule has 6 nitrogen and oxygen atoms in total. The highest BCUT2D eigenvalue weighted by Gasteiger charge is 2.19. The number of carbonyl (C=O) groups excluding carboxylic acids is 1. The number of rotatable bonds is 5. The molecule has 6 heteroatoms. The van der Waals surface area contributed by atoms with Crippen molar-refractivity contribution < 1.29 is 4.79 Å². The van der Waals surface area contributed by atoms with Crippen molar-refractivity contribution in [1.82, 2.24) is 9.88 Å². The number of aromatic amines is 1. The second-order valence-electron chi connectivity index (χ2n) is 9.74. The summed E-state index contributed by atoms with van der Waals surface area (Å²) in [5.41, 5.74) is 6.30. The molecule has 36 heavy (non-hydrogen) atoms. The Bertz CT molecular complexity index is 1430. The van der Waals surface area contributed by atoms with E-state index in [4.69, 9.17) is 0 Å². The maximum Gasteiger partial charge on any atom is 0.256 e. The Labute approximate surface area is 211 Å². The molecule has 5 rings (SSSR count). The summed E-state index contributed by atoms with van der Waals surface area (Å²) in [6, 6.07) is 24.8. The van der Waals surface area contributed by atoms with Crippen LogP contribution in [0.3, 0.4) is 0 Å². The number of hydrogen-bond donors (Lipinski definition) is 2. The SMILES string of the molecule is CC(=O)Nc1ccc(-c2cc3cc(-c4ccc(N5CCN(C(C)C)CC5)cc4)ccc3[nH]c2=O)cc1. The van der Waals surface area contributed by atoms with E-state index in [1.807, 2.05) is 24.3 Å². The molecule has 1 aliphatic heterocycles. The second kappa shape index (κ2) is 9.99. The van der Waals surface area contributed by atoms with Crippen LogP contribution in [0.25, 0.3) is 33.2 Å². The van der Waals surface area contributed by atoms with Crippen LogP contribution < -0.4 is 15.8 Å². The van der Waals surface area contributed by atoms with Crippen LogP contribution in [0.4, 0.5) is 11.4 Å². The van der Waals surface area contributed by atoms with E-state index < -0.39 is 0 Å². The van der Waals surface area contributed by atoms with Crippen LogP contribution in [0.2, 0.25) is 0 Å². The number of amides is 1. The van der Waals surface area contributed by atoms with Crippen LogP contribution in [0.5, 0.6) is 0 Å². The number of hydrogen-bond acceptors (Lipinski definition) is 4. The lowest BCUT2D eigenvalue weighted by atomic mass is 10.00. The van der Waals surface area contributed by atoms with Gasteiger partial charge < -0.3 is 15.2 Å². The lowest BCUT2D eigenvalue weighted by Gasteiger charge is -2.38. The van der Waals surface area contributed by atoms with Gasteiger partial charge in [0.1, 0.15) is 0 Å². The van der Waals surface area contributed by atoms with Crippen LogP contribution >= 0.6 is 0 Å². The first-order valence-electron chi connectivity index (χ1n) is 12.5. The number of pyridine rings is 1. The molecule has 184 valence electrons. The molecule has 1 fully saturated rings. The van der Waals surface area contributed by atoms with Crippen molar-refractivity contribution in [3.05, 3.63) is 83.2 Å². The summed E-state index contributed by atoms with van der Waals surface area (Å²) >= 11 is 0. The van der Waals surface area contributed by atoms with Crippen molar-refractivity contribution >= 4 is 28.2 Å². The first kappa shape index (κ1) is 23.8. The molecular weight excluding hydrogens is 448 g/mol. The van der Waals surface area contributed by atoms with E-state index in [1.54, 1.807) is 12.1 Å². The topological polar surface area (TPSA) is 68.4 Å². The van der Waals surface area contributed by atoms with Gasteiger partial charge in [-0.25, -0.2) is 0 Å². The molecule has 0 bridgehead atoms. The molecule has 2 heterocycles. The molecule has 1 saturated heterocycles. The Morgan fingerprint density at radius 3 is 2.11 bits per heavy atom. The third-order valence-electron chi connectivity index (χ3n) is 6.97. The minimum absolute atomic E-state index is 0.124. The fraction of sp³-hybridized carbons (Fsp3) is 0.267. The molecule has 0 spiro atoms. The van der Waals surface area contributed by atoms with E-state index in [0.717, 1.165) is 53.8 Å². The number of carbonyl (C=O) groups is 1. The normalized spacial score (nSPS) is 14.4. The smallest absolute Gasteiger partial charge is 0.256 e. The molecule has 0 radical (unpaired) electrons. The fourth-order valence-electron chi connectivity index (χ4n) is 4.90. The Morgan fingerprint density at radius 1 is 0.833 bits per heavy atom. The Hall–Kier alpha value is -3.90. The molecule has 4 aromatic rings. The van der Waals surface area contributed by atoms with Gasteiger partial charge >= 0.3 is 0 Å². The lowest BCUT2D eigenvalue weighted by Crippen LogP contribution is -2.48. The summed E-state index contributed by atoms with van der Waals surface area (Å²) in [6.45, 7) is 10.3. The van der Waals surface area contributed by atoms with Crippen molar-refractivity contribution in [3.8, 4) is 22.3 Å². The predicted octanol–water partition coefficient (Wildman–Crippen LogP) is 5.35. The number of anilines is 2. The van der Waals surface area contributed by atoms with Gasteiger partial charge in [-0.2, -0.15) is 0 Å². The standard InChI is InChI=1S/C30H32N4O2/c1-20(2)33-14-16-34(17-15-33)27-11-6-22(7-12-27)24-8-13-29-25(18-24)19-28(30(36)32-29)23-4-9-26(10-5-23)31-21(3)35/h4-13,18-20H,14-17H2,1-3H3,(H,31,35)(H,32,36). The summed E-state index contributed by atoms with van der Waals surface area (Å²) in [5.74, 6) is -0.124. The second-order valence-corrected chi connectivity index (χ2v) is 9.74. The van der Waals surface area contributed by atoms with Crippen molar-refractivity contribution in [3.63, 3.8) is 0 Å². The maximum absolute atomic E-state index is 12.8. The number of nitrogens with zero attached hydrogens (tertiary/aromatic N) is 2. The predicted molar refractivity (Wildman–Crippen MR) is 149 cm³/mol. The number of nitrogens with one attached hydrogen (secondary N) is 2. The van der Waals surface area contributed by atoms with Crippen LogP contribution in [0.1, 0.15) is 20.8 Å². The van der Waals surface area contributed by atoms with E-state index in [2.05, 4.69) is 70.3 Å². The third-order valence-corrected chi connectivity index (χ3v) is 6.97. The van der Waals surface area contributed by atoms with E-state index in [0.29, 0.717) is 17.3 Å². The zero-order chi connectivity index (χ0) is 25.2. The Balaban J connectivity index is 1.38. The Morgan fingerprint density at radius 2 is 1.47 bits per heavy atom. The monoisotopic (exact) mass is 480 g/mol. The molecule has 0 aliphatic carbocycles. The van der Waals surface area contributed by atoms with Gasteiger partial charge in [0, 0.05) is 61.6 Å². The van der Waals surface area contributed by atoms with E-state index in [-0.39, 0.29) is 11.5 Å². The van der Waals surface area contributed by atoms with Crippen LogP contribution in [0, 0.1) is 0 Å². The van der Waals surface area contributed by atoms with Gasteiger partial charge in [-0.05, 0) is 78.4 Å². The number of piperazine rings is 1. The molecule has 1 amide bonds. The van der Waals surface area contributed by atoms with Gasteiger partial charge in [-0.3, -0.25) is 14.5 Å². The van der Waals surface area contributed by atoms with Gasteiger partial charge in [0.2, 0.25) is 5.91 Å². The average Bonchev–Trinajstić information content (AvgIpc) is 2.88. The number of H-pyrrole nitrogens is 1. The minimum atomic E-state index is -0.135. The van der Waals surface area contributed by atoms with Gasteiger partial charge in [0.15, 0.2) is 0 Å². The first-order chi connectivity index (χ1) is 17.4. The molecular formula is C30H32N4O2. The summed E-state index contributed by atoms with van der Waals surface area (Å²) in [6.07, 6.45) is 0. The van der Waals surface area contributed by atoms with Crippen LogP contribution in [-0.2, 0) is 4.79 Å². The fourth-order valence-corrected chi connectivity index (χ4v) is 4.90. The largest absolute Gasteiger partial charge is 0.369 e. The third kappa shape index (κ3) is 5.04. The zero-order valence-corrected chi connectivity index (χ0v) is 21.0. The zero-order valence-electron chi connectivity index (χ0n) is 21.0. The van der Waals surface area contributed by atoms with E-state index in [9.17, 15) is 9.59 Å². The number of fused-ring (bicyclic) bond motifs is 1. The highest BCUT2D eigenvalue weighted by molar-refractivity contribution is 5.90. The highest BCUT2D eigenvalue weighted by Crippen LogP contribution is 2.28. The van der Waals surface area contributed by atoms with E-state index in [1.165, 1.54) is 12.6 Å². The number of benzene rings is 3. The Kier molecular flexibility index (Phi) is 6.61. The van der Waals surface area contributed by atoms with Crippen molar-refractivity contribution in [2.45, 2.75) is 26.8 Å². The molecule has 1 aliphatic rings. The summed E-state index contributed by atoms with van der Waals surface area (Å²) in [4.78, 5) is 32.0. The number of aromatic nitrogens is 1. The van der Waals surface area contributed by atoms with Gasteiger partial charge in [-0.15, -0.1) is 0 Å².